The van der Waals surface area contributed by atoms with Crippen LogP contribution >= 0.6 is 0 Å². The average molecular weight is 448 g/mol. The normalized spacial score (nSPS) is 11.0. The summed E-state index contributed by atoms with van der Waals surface area (Å²) in [6, 6.07) is 12.5. The molecular formula is C24H24N4O5. The molecule has 1 amide bonds. The number of methoxy groups -OCH3 is 1. The van der Waals surface area contributed by atoms with Gasteiger partial charge in [-0.25, -0.2) is 14.5 Å². The molecule has 3 aromatic heterocycles. The summed E-state index contributed by atoms with van der Waals surface area (Å²) in [5, 5.41) is 7.63. The van der Waals surface area contributed by atoms with Crippen LogP contribution in [0.2, 0.25) is 0 Å². The van der Waals surface area contributed by atoms with Gasteiger partial charge in [-0.15, -0.1) is 0 Å². The number of nitrogens with one attached hydrogen (secondary N) is 1. The smallest absolute Gasteiger partial charge is 0.339 e. The van der Waals surface area contributed by atoms with E-state index in [1.165, 1.54) is 6.26 Å². The Kier molecular flexibility index (Phi) is 6.39. The third kappa shape index (κ3) is 4.87. The van der Waals surface area contributed by atoms with Crippen molar-refractivity contribution in [3.05, 3.63) is 66.1 Å². The summed E-state index contributed by atoms with van der Waals surface area (Å²) in [5.74, 6) is 0.151. The Bertz CT molecular complexity index is 1280. The van der Waals surface area contributed by atoms with Crippen molar-refractivity contribution in [2.75, 3.05) is 13.7 Å². The molecule has 9 nitrogen and oxygen atoms in total. The fourth-order valence-electron chi connectivity index (χ4n) is 3.36. The lowest BCUT2D eigenvalue weighted by Gasteiger charge is -2.10. The van der Waals surface area contributed by atoms with Gasteiger partial charge in [0.05, 0.1) is 30.5 Å². The highest BCUT2D eigenvalue weighted by Crippen LogP contribution is 2.27. The number of pyridine rings is 1. The topological polar surface area (TPSA) is 108 Å². The van der Waals surface area contributed by atoms with Crippen molar-refractivity contribution in [1.82, 2.24) is 20.1 Å². The summed E-state index contributed by atoms with van der Waals surface area (Å²) >= 11 is 0. The van der Waals surface area contributed by atoms with Crippen LogP contribution in [-0.4, -0.2) is 40.4 Å². The number of hydrogen-bond acceptors (Lipinski definition) is 7. The summed E-state index contributed by atoms with van der Waals surface area (Å²) in [4.78, 5) is 29.8. The molecular weight excluding hydrogens is 424 g/mol. The van der Waals surface area contributed by atoms with Gasteiger partial charge in [-0.3, -0.25) is 4.79 Å². The zero-order chi connectivity index (χ0) is 23.4. The molecule has 0 aliphatic rings. The van der Waals surface area contributed by atoms with E-state index in [0.29, 0.717) is 28.2 Å². The molecule has 0 aliphatic heterocycles. The number of hydrogen-bond donors (Lipinski definition) is 1. The van der Waals surface area contributed by atoms with Crippen LogP contribution in [0.1, 0.15) is 35.8 Å². The predicted molar refractivity (Wildman–Crippen MR) is 121 cm³/mol. The molecule has 0 bridgehead atoms. The molecule has 170 valence electrons. The van der Waals surface area contributed by atoms with E-state index in [4.69, 9.17) is 13.9 Å². The van der Waals surface area contributed by atoms with Gasteiger partial charge in [-0.1, -0.05) is 12.1 Å². The minimum absolute atomic E-state index is 0.0353. The molecule has 33 heavy (non-hydrogen) atoms. The van der Waals surface area contributed by atoms with Crippen LogP contribution in [0.15, 0.2) is 59.3 Å². The van der Waals surface area contributed by atoms with E-state index in [1.807, 2.05) is 38.1 Å². The maximum atomic E-state index is 12.9. The highest BCUT2D eigenvalue weighted by molar-refractivity contribution is 6.04. The lowest BCUT2D eigenvalue weighted by molar-refractivity contribution is -0.124. The SMILES string of the molecule is COc1cccc(CNC(=O)COC(=O)c2cc(-c3ccco3)nc3c2cnn3C(C)C)c1. The zero-order valence-electron chi connectivity index (χ0n) is 18.6. The van der Waals surface area contributed by atoms with Crippen LogP contribution in [-0.2, 0) is 16.1 Å². The summed E-state index contributed by atoms with van der Waals surface area (Å²) in [6.45, 7) is 3.81. The monoisotopic (exact) mass is 448 g/mol. The Morgan fingerprint density at radius 1 is 1.18 bits per heavy atom. The first-order chi connectivity index (χ1) is 16.0. The molecule has 0 saturated heterocycles. The van der Waals surface area contributed by atoms with Gasteiger partial charge < -0.3 is 19.2 Å². The standard InChI is InChI=1S/C24H24N4O5/c1-15(2)28-23-19(13-26-28)18(11-20(27-23)21-8-5-9-32-21)24(30)33-14-22(29)25-12-16-6-4-7-17(10-16)31-3/h4-11,13,15H,12,14H2,1-3H3,(H,25,29). The first kappa shape index (κ1) is 22.1. The van der Waals surface area contributed by atoms with Crippen LogP contribution in [0.25, 0.3) is 22.5 Å². The van der Waals surface area contributed by atoms with E-state index in [-0.39, 0.29) is 18.2 Å². The molecule has 3 heterocycles. The molecule has 0 atom stereocenters. The summed E-state index contributed by atoms with van der Waals surface area (Å²) in [5.41, 5.74) is 2.14. The first-order valence-corrected chi connectivity index (χ1v) is 10.4. The minimum atomic E-state index is -0.643. The highest BCUT2D eigenvalue weighted by Gasteiger charge is 2.21. The van der Waals surface area contributed by atoms with Gasteiger partial charge in [0.25, 0.3) is 5.91 Å². The quantitative estimate of drug-likeness (QED) is 0.409. The molecule has 4 rings (SSSR count). The Labute approximate surface area is 190 Å². The van der Waals surface area contributed by atoms with Crippen molar-refractivity contribution >= 4 is 22.9 Å². The number of rotatable bonds is 8. The number of nitrogens with zero attached hydrogens (tertiary/aromatic N) is 3. The van der Waals surface area contributed by atoms with Crippen molar-refractivity contribution in [3.8, 4) is 17.2 Å². The molecule has 0 radical (unpaired) electrons. The van der Waals surface area contributed by atoms with Gasteiger partial charge in [0, 0.05) is 12.6 Å². The van der Waals surface area contributed by atoms with Gasteiger partial charge >= 0.3 is 5.97 Å². The van der Waals surface area contributed by atoms with Gasteiger partial charge in [0.15, 0.2) is 18.0 Å². The number of aromatic nitrogens is 3. The minimum Gasteiger partial charge on any atom is -0.497 e. The third-order valence-corrected chi connectivity index (χ3v) is 5.01. The van der Waals surface area contributed by atoms with E-state index in [2.05, 4.69) is 15.4 Å². The maximum absolute atomic E-state index is 12.9. The summed E-state index contributed by atoms with van der Waals surface area (Å²) in [7, 11) is 1.58. The van der Waals surface area contributed by atoms with Crippen LogP contribution in [0, 0.1) is 0 Å². The van der Waals surface area contributed by atoms with Crippen molar-refractivity contribution in [2.45, 2.75) is 26.4 Å². The molecule has 0 fully saturated rings. The van der Waals surface area contributed by atoms with E-state index >= 15 is 0 Å². The zero-order valence-corrected chi connectivity index (χ0v) is 18.6. The van der Waals surface area contributed by atoms with Crippen molar-refractivity contribution in [3.63, 3.8) is 0 Å². The van der Waals surface area contributed by atoms with Gasteiger partial charge in [0.2, 0.25) is 0 Å². The second kappa shape index (κ2) is 9.56. The molecule has 1 N–H and O–H groups in total. The summed E-state index contributed by atoms with van der Waals surface area (Å²) < 4.78 is 17.7. The van der Waals surface area contributed by atoms with Gasteiger partial charge in [-0.05, 0) is 49.7 Å². The van der Waals surface area contributed by atoms with E-state index in [9.17, 15) is 9.59 Å². The second-order valence-corrected chi connectivity index (χ2v) is 7.66. The molecule has 4 aromatic rings. The van der Waals surface area contributed by atoms with Gasteiger partial charge in [-0.2, -0.15) is 5.10 Å². The van der Waals surface area contributed by atoms with Crippen LogP contribution in [0.3, 0.4) is 0 Å². The lowest BCUT2D eigenvalue weighted by Crippen LogP contribution is -2.28. The molecule has 0 aliphatic carbocycles. The number of fused-ring (bicyclic) bond motifs is 1. The van der Waals surface area contributed by atoms with E-state index < -0.39 is 18.5 Å². The number of furan rings is 1. The maximum Gasteiger partial charge on any atom is 0.339 e. The van der Waals surface area contributed by atoms with Crippen molar-refractivity contribution in [2.24, 2.45) is 0 Å². The molecule has 9 heteroatoms. The Morgan fingerprint density at radius 2 is 2.03 bits per heavy atom. The Hall–Kier alpha value is -4.14. The molecule has 0 spiro atoms. The first-order valence-electron chi connectivity index (χ1n) is 10.4. The lowest BCUT2D eigenvalue weighted by atomic mass is 10.1. The van der Waals surface area contributed by atoms with Gasteiger partial charge in [0.1, 0.15) is 11.4 Å². The fraction of sp³-hybridized carbons (Fsp3) is 0.250. The number of carbonyl (C=O) groups excluding carboxylic acids is 2. The van der Waals surface area contributed by atoms with Crippen molar-refractivity contribution < 1.29 is 23.5 Å². The van der Waals surface area contributed by atoms with E-state index in [0.717, 1.165) is 5.56 Å². The Morgan fingerprint density at radius 3 is 2.76 bits per heavy atom. The number of amides is 1. The van der Waals surface area contributed by atoms with Crippen molar-refractivity contribution in [1.29, 1.82) is 0 Å². The largest absolute Gasteiger partial charge is 0.497 e. The molecule has 0 unspecified atom stereocenters. The molecule has 1 aromatic carbocycles. The van der Waals surface area contributed by atoms with Crippen LogP contribution in [0.5, 0.6) is 5.75 Å². The third-order valence-electron chi connectivity index (χ3n) is 5.01. The number of carbonyl (C=O) groups is 2. The highest BCUT2D eigenvalue weighted by atomic mass is 16.5. The fourth-order valence-corrected chi connectivity index (χ4v) is 3.36. The Balaban J connectivity index is 1.49. The number of esters is 1. The van der Waals surface area contributed by atoms with Crippen LogP contribution < -0.4 is 10.1 Å². The van der Waals surface area contributed by atoms with E-state index in [1.54, 1.807) is 36.2 Å². The average Bonchev–Trinajstić information content (AvgIpc) is 3.51. The summed E-state index contributed by atoms with van der Waals surface area (Å²) in [6.07, 6.45) is 3.11. The second-order valence-electron chi connectivity index (χ2n) is 7.66. The van der Waals surface area contributed by atoms with Crippen LogP contribution in [0.4, 0.5) is 0 Å². The number of ether oxygens (including phenoxy) is 2. The number of benzene rings is 1. The predicted octanol–water partition coefficient (Wildman–Crippen LogP) is 3.75. The molecule has 0 saturated carbocycles.